The lowest BCUT2D eigenvalue weighted by Crippen LogP contribution is -2.29. The molecule has 114 valence electrons. The molecule has 2 aromatic rings. The summed E-state index contributed by atoms with van der Waals surface area (Å²) in [5.74, 6) is 2.32. The van der Waals surface area contributed by atoms with Crippen LogP contribution in [0.1, 0.15) is 45.9 Å². The van der Waals surface area contributed by atoms with E-state index in [4.69, 9.17) is 4.98 Å². The Kier molecular flexibility index (Phi) is 3.98. The van der Waals surface area contributed by atoms with Gasteiger partial charge in [-0.3, -0.25) is 0 Å². The van der Waals surface area contributed by atoms with Crippen LogP contribution >= 0.6 is 0 Å². The topological polar surface area (TPSA) is 34.0 Å². The van der Waals surface area contributed by atoms with Crippen molar-refractivity contribution in [2.45, 2.75) is 52.6 Å². The van der Waals surface area contributed by atoms with Gasteiger partial charge in [0.05, 0.1) is 0 Å². The van der Waals surface area contributed by atoms with E-state index in [0.717, 1.165) is 17.7 Å². The summed E-state index contributed by atoms with van der Waals surface area (Å²) >= 11 is 0. The van der Waals surface area contributed by atoms with Crippen molar-refractivity contribution in [3.05, 3.63) is 24.2 Å². The predicted octanol–water partition coefficient (Wildman–Crippen LogP) is 3.29. The van der Waals surface area contributed by atoms with Crippen molar-refractivity contribution < 1.29 is 0 Å². The van der Waals surface area contributed by atoms with Gasteiger partial charge in [-0.25, -0.2) is 9.97 Å². The monoisotopic (exact) mass is 286 g/mol. The average molecular weight is 286 g/mol. The fraction of sp³-hybridized carbons (Fsp3) is 0.647. The summed E-state index contributed by atoms with van der Waals surface area (Å²) in [6.07, 6.45) is 3.15. The largest absolute Gasteiger partial charge is 0.312 e. The Labute approximate surface area is 127 Å². The zero-order chi connectivity index (χ0) is 15.0. The highest BCUT2D eigenvalue weighted by Crippen LogP contribution is 2.25. The van der Waals surface area contributed by atoms with Gasteiger partial charge in [0.1, 0.15) is 11.3 Å². The molecule has 1 atom stereocenters. The van der Waals surface area contributed by atoms with E-state index in [9.17, 15) is 0 Å². The zero-order valence-corrected chi connectivity index (χ0v) is 13.6. The maximum Gasteiger partial charge on any atom is 0.160 e. The smallest absolute Gasteiger partial charge is 0.160 e. The Balaban J connectivity index is 1.88. The van der Waals surface area contributed by atoms with Crippen LogP contribution in [-0.2, 0) is 6.54 Å². The van der Waals surface area contributed by atoms with Crippen LogP contribution in [0, 0.1) is 5.92 Å². The molecule has 1 aliphatic rings. The number of hydrogen-bond acceptors (Lipinski definition) is 3. The molecule has 0 radical (unpaired) electrons. The highest BCUT2D eigenvalue weighted by atomic mass is 15.2. The maximum absolute atomic E-state index is 4.80. The number of imidazole rings is 1. The molecule has 0 amide bonds. The van der Waals surface area contributed by atoms with Gasteiger partial charge in [0.25, 0.3) is 0 Å². The minimum Gasteiger partial charge on any atom is -0.312 e. The van der Waals surface area contributed by atoms with E-state index in [1.54, 1.807) is 0 Å². The molecule has 0 saturated carbocycles. The highest BCUT2D eigenvalue weighted by Gasteiger charge is 2.26. The van der Waals surface area contributed by atoms with Crippen LogP contribution in [0.25, 0.3) is 11.2 Å². The molecule has 0 aromatic carbocycles. The highest BCUT2D eigenvalue weighted by molar-refractivity contribution is 5.71. The average Bonchev–Trinajstić information content (AvgIpc) is 3.05. The Morgan fingerprint density at radius 3 is 2.76 bits per heavy atom. The first-order valence-electron chi connectivity index (χ1n) is 8.11. The molecule has 3 heterocycles. The minimum atomic E-state index is 0.432. The summed E-state index contributed by atoms with van der Waals surface area (Å²) < 4.78 is 2.36. The molecule has 0 aliphatic carbocycles. The molecule has 1 aliphatic heterocycles. The van der Waals surface area contributed by atoms with Crippen molar-refractivity contribution in [3.63, 3.8) is 0 Å². The van der Waals surface area contributed by atoms with E-state index >= 15 is 0 Å². The van der Waals surface area contributed by atoms with Gasteiger partial charge >= 0.3 is 0 Å². The summed E-state index contributed by atoms with van der Waals surface area (Å²) in [5, 5.41) is 0. The molecule has 21 heavy (non-hydrogen) atoms. The lowest BCUT2D eigenvalue weighted by atomic mass is 10.1. The van der Waals surface area contributed by atoms with Gasteiger partial charge in [-0.05, 0) is 44.9 Å². The molecule has 0 bridgehead atoms. The molecule has 4 heteroatoms. The van der Waals surface area contributed by atoms with Gasteiger partial charge in [-0.1, -0.05) is 13.8 Å². The lowest BCUT2D eigenvalue weighted by molar-refractivity contribution is 0.260. The fourth-order valence-electron chi connectivity index (χ4n) is 3.34. The van der Waals surface area contributed by atoms with E-state index in [1.807, 2.05) is 12.3 Å². The molecule has 0 spiro atoms. The second kappa shape index (κ2) is 5.76. The third kappa shape index (κ3) is 2.82. The standard InChI is InChI=1S/C17H26N4/c1-12(2)16-19-15-6-5-8-18-17(15)21(16)11-14-7-9-20(10-14)13(3)4/h5-6,8,12-14H,7,9-11H2,1-4H3. The fourth-order valence-corrected chi connectivity index (χ4v) is 3.34. The zero-order valence-electron chi connectivity index (χ0n) is 13.6. The van der Waals surface area contributed by atoms with Gasteiger partial charge in [-0.2, -0.15) is 0 Å². The van der Waals surface area contributed by atoms with Gasteiger partial charge in [0.15, 0.2) is 5.65 Å². The van der Waals surface area contributed by atoms with Crippen LogP contribution < -0.4 is 0 Å². The van der Waals surface area contributed by atoms with Crippen molar-refractivity contribution in [3.8, 4) is 0 Å². The first-order chi connectivity index (χ1) is 10.1. The Morgan fingerprint density at radius 2 is 2.10 bits per heavy atom. The van der Waals surface area contributed by atoms with Crippen LogP contribution in [0.2, 0.25) is 0 Å². The number of pyridine rings is 1. The number of aromatic nitrogens is 3. The predicted molar refractivity (Wildman–Crippen MR) is 86.4 cm³/mol. The molecule has 1 saturated heterocycles. The molecule has 1 fully saturated rings. The van der Waals surface area contributed by atoms with Crippen LogP contribution in [0.4, 0.5) is 0 Å². The summed E-state index contributed by atoms with van der Waals surface area (Å²) in [4.78, 5) is 11.9. The summed E-state index contributed by atoms with van der Waals surface area (Å²) in [6.45, 7) is 12.5. The first kappa shape index (κ1) is 14.5. The second-order valence-corrected chi connectivity index (χ2v) is 6.82. The van der Waals surface area contributed by atoms with Crippen molar-refractivity contribution in [2.24, 2.45) is 5.92 Å². The van der Waals surface area contributed by atoms with Crippen LogP contribution in [0.5, 0.6) is 0 Å². The first-order valence-corrected chi connectivity index (χ1v) is 8.11. The quantitative estimate of drug-likeness (QED) is 0.865. The third-order valence-electron chi connectivity index (χ3n) is 4.54. The number of likely N-dealkylation sites (tertiary alicyclic amines) is 1. The van der Waals surface area contributed by atoms with E-state index < -0.39 is 0 Å². The third-order valence-corrected chi connectivity index (χ3v) is 4.54. The second-order valence-electron chi connectivity index (χ2n) is 6.82. The van der Waals surface area contributed by atoms with Crippen molar-refractivity contribution in [1.29, 1.82) is 0 Å². The summed E-state index contributed by atoms with van der Waals surface area (Å²) in [6, 6.07) is 4.69. The van der Waals surface area contributed by atoms with Crippen LogP contribution in [0.15, 0.2) is 18.3 Å². The summed E-state index contributed by atoms with van der Waals surface area (Å²) in [7, 11) is 0. The molecular formula is C17H26N4. The van der Waals surface area contributed by atoms with Crippen molar-refractivity contribution in [1.82, 2.24) is 19.4 Å². The van der Waals surface area contributed by atoms with Crippen molar-refractivity contribution in [2.75, 3.05) is 13.1 Å². The maximum atomic E-state index is 4.80. The van der Waals surface area contributed by atoms with Crippen LogP contribution in [0.3, 0.4) is 0 Å². The Hall–Kier alpha value is -1.42. The SMILES string of the molecule is CC(C)c1nc2cccnc2n1CC1CCN(C(C)C)C1. The minimum absolute atomic E-state index is 0.432. The van der Waals surface area contributed by atoms with E-state index in [-0.39, 0.29) is 0 Å². The lowest BCUT2D eigenvalue weighted by Gasteiger charge is -2.21. The van der Waals surface area contributed by atoms with Crippen molar-refractivity contribution >= 4 is 11.2 Å². The molecule has 0 N–H and O–H groups in total. The molecular weight excluding hydrogens is 260 g/mol. The number of hydrogen-bond donors (Lipinski definition) is 0. The van der Waals surface area contributed by atoms with Gasteiger partial charge in [-0.15, -0.1) is 0 Å². The number of nitrogens with zero attached hydrogens (tertiary/aromatic N) is 4. The Morgan fingerprint density at radius 1 is 1.29 bits per heavy atom. The molecule has 1 unspecified atom stereocenters. The van der Waals surface area contributed by atoms with E-state index in [2.05, 4.69) is 48.2 Å². The van der Waals surface area contributed by atoms with Gasteiger partial charge < -0.3 is 9.47 Å². The number of rotatable bonds is 4. The molecule has 4 nitrogen and oxygen atoms in total. The molecule has 3 rings (SSSR count). The van der Waals surface area contributed by atoms with E-state index in [1.165, 1.54) is 25.3 Å². The Bertz CT molecular complexity index is 614. The normalized spacial score (nSPS) is 20.2. The molecule has 2 aromatic heterocycles. The van der Waals surface area contributed by atoms with Gasteiger partial charge in [0, 0.05) is 31.2 Å². The van der Waals surface area contributed by atoms with E-state index in [0.29, 0.717) is 17.9 Å². The number of fused-ring (bicyclic) bond motifs is 1. The summed E-state index contributed by atoms with van der Waals surface area (Å²) in [5.41, 5.74) is 2.07. The van der Waals surface area contributed by atoms with Gasteiger partial charge in [0.2, 0.25) is 0 Å². The van der Waals surface area contributed by atoms with Crippen LogP contribution in [-0.4, -0.2) is 38.6 Å².